The highest BCUT2D eigenvalue weighted by atomic mass is 127. The molecular weight excluding hydrogens is 401 g/mol. The minimum absolute atomic E-state index is 0.104. The molecule has 1 unspecified atom stereocenters. The van der Waals surface area contributed by atoms with Crippen LogP contribution in [0.15, 0.2) is 48.5 Å². The van der Waals surface area contributed by atoms with Crippen LogP contribution in [0.25, 0.3) is 0 Å². The van der Waals surface area contributed by atoms with Crippen LogP contribution < -0.4 is 10.1 Å². The van der Waals surface area contributed by atoms with Crippen LogP contribution in [0.5, 0.6) is 5.75 Å². The molecule has 2 aromatic rings. The first kappa shape index (κ1) is 17.8. The number of hydrogen-bond donors (Lipinski definition) is 1. The molecule has 4 heteroatoms. The summed E-state index contributed by atoms with van der Waals surface area (Å²) >= 11 is 2.23. The highest BCUT2D eigenvalue weighted by Gasteiger charge is 2.16. The van der Waals surface area contributed by atoms with Crippen LogP contribution >= 0.6 is 22.6 Å². The maximum atomic E-state index is 12.2. The molecule has 23 heavy (non-hydrogen) atoms. The second-order valence-corrected chi connectivity index (χ2v) is 7.78. The van der Waals surface area contributed by atoms with Crippen LogP contribution in [0, 0.1) is 3.57 Å². The van der Waals surface area contributed by atoms with E-state index in [4.69, 9.17) is 4.74 Å². The molecule has 0 heterocycles. The highest BCUT2D eigenvalue weighted by molar-refractivity contribution is 14.1. The molecule has 1 atom stereocenters. The molecule has 1 amide bonds. The molecular formula is C19H22INO2. The Morgan fingerprint density at radius 3 is 2.13 bits per heavy atom. The standard InChI is InChI=1S/C19H22INO2/c1-13(18(22)21-16-9-7-15(20)8-10-16)23-17-11-5-14(6-12-17)19(2,3)4/h5-13H,1-4H3,(H,21,22). The third-order valence-electron chi connectivity index (χ3n) is 3.51. The summed E-state index contributed by atoms with van der Waals surface area (Å²) in [6, 6.07) is 15.6. The molecule has 0 saturated heterocycles. The van der Waals surface area contributed by atoms with Crippen molar-refractivity contribution in [1.29, 1.82) is 0 Å². The number of carbonyl (C=O) groups excluding carboxylic acids is 1. The van der Waals surface area contributed by atoms with Crippen molar-refractivity contribution in [2.24, 2.45) is 0 Å². The van der Waals surface area contributed by atoms with Gasteiger partial charge in [-0.1, -0.05) is 32.9 Å². The maximum Gasteiger partial charge on any atom is 0.265 e. The molecule has 0 aliphatic heterocycles. The third-order valence-corrected chi connectivity index (χ3v) is 4.23. The van der Waals surface area contributed by atoms with Crippen LogP contribution in [-0.4, -0.2) is 12.0 Å². The summed E-state index contributed by atoms with van der Waals surface area (Å²) in [4.78, 5) is 12.2. The average Bonchev–Trinajstić information content (AvgIpc) is 2.49. The molecule has 0 aromatic heterocycles. The van der Waals surface area contributed by atoms with Gasteiger partial charge < -0.3 is 10.1 Å². The largest absolute Gasteiger partial charge is 0.481 e. The summed E-state index contributed by atoms with van der Waals surface area (Å²) in [5, 5.41) is 2.86. The number of carbonyl (C=O) groups is 1. The Hall–Kier alpha value is -1.56. The zero-order chi connectivity index (χ0) is 17.0. The summed E-state index contributed by atoms with van der Waals surface area (Å²) in [6.07, 6.45) is -0.560. The zero-order valence-corrected chi connectivity index (χ0v) is 16.0. The summed E-state index contributed by atoms with van der Waals surface area (Å²) in [7, 11) is 0. The SMILES string of the molecule is CC(Oc1ccc(C(C)(C)C)cc1)C(=O)Nc1ccc(I)cc1. The number of ether oxygens (including phenoxy) is 1. The van der Waals surface area contributed by atoms with Crippen molar-refractivity contribution in [3.05, 3.63) is 57.7 Å². The topological polar surface area (TPSA) is 38.3 Å². The molecule has 0 aliphatic carbocycles. The molecule has 3 nitrogen and oxygen atoms in total. The number of rotatable bonds is 4. The van der Waals surface area contributed by atoms with Crippen molar-refractivity contribution < 1.29 is 9.53 Å². The van der Waals surface area contributed by atoms with Gasteiger partial charge in [0.15, 0.2) is 6.10 Å². The molecule has 0 fully saturated rings. The molecule has 0 radical (unpaired) electrons. The van der Waals surface area contributed by atoms with E-state index in [0.717, 1.165) is 9.26 Å². The lowest BCUT2D eigenvalue weighted by atomic mass is 9.87. The number of amides is 1. The van der Waals surface area contributed by atoms with Gasteiger partial charge >= 0.3 is 0 Å². The quantitative estimate of drug-likeness (QED) is 0.704. The Morgan fingerprint density at radius 2 is 1.61 bits per heavy atom. The van der Waals surface area contributed by atoms with Crippen molar-refractivity contribution in [2.75, 3.05) is 5.32 Å². The van der Waals surface area contributed by atoms with Gasteiger partial charge in [-0.15, -0.1) is 0 Å². The Bertz CT molecular complexity index is 657. The van der Waals surface area contributed by atoms with Gasteiger partial charge in [-0.2, -0.15) is 0 Å². The number of hydrogen-bond acceptors (Lipinski definition) is 2. The molecule has 122 valence electrons. The lowest BCUT2D eigenvalue weighted by Crippen LogP contribution is -2.30. The van der Waals surface area contributed by atoms with Crippen LogP contribution in [0.1, 0.15) is 33.3 Å². The summed E-state index contributed by atoms with van der Waals surface area (Å²) in [6.45, 7) is 8.25. The van der Waals surface area contributed by atoms with Crippen LogP contribution in [-0.2, 0) is 10.2 Å². The minimum atomic E-state index is -0.560. The lowest BCUT2D eigenvalue weighted by Gasteiger charge is -2.20. The van der Waals surface area contributed by atoms with E-state index in [1.807, 2.05) is 48.5 Å². The van der Waals surface area contributed by atoms with Crippen molar-refractivity contribution in [3.63, 3.8) is 0 Å². The van der Waals surface area contributed by atoms with Crippen LogP contribution in [0.2, 0.25) is 0 Å². The smallest absolute Gasteiger partial charge is 0.265 e. The molecule has 0 spiro atoms. The number of benzene rings is 2. The first-order valence-electron chi connectivity index (χ1n) is 7.59. The maximum absolute atomic E-state index is 12.2. The van der Waals surface area contributed by atoms with Crippen molar-refractivity contribution >= 4 is 34.2 Å². The van der Waals surface area contributed by atoms with Gasteiger partial charge in [0.25, 0.3) is 5.91 Å². The van der Waals surface area contributed by atoms with Gasteiger partial charge in [-0.3, -0.25) is 4.79 Å². The Morgan fingerprint density at radius 1 is 1.04 bits per heavy atom. The molecule has 0 saturated carbocycles. The summed E-state index contributed by atoms with van der Waals surface area (Å²) in [5.74, 6) is 0.536. The summed E-state index contributed by atoms with van der Waals surface area (Å²) in [5.41, 5.74) is 2.11. The summed E-state index contributed by atoms with van der Waals surface area (Å²) < 4.78 is 6.85. The van der Waals surface area contributed by atoms with Gasteiger partial charge in [0.1, 0.15) is 5.75 Å². The van der Waals surface area contributed by atoms with Gasteiger partial charge in [0.05, 0.1) is 0 Å². The first-order chi connectivity index (χ1) is 10.8. The van der Waals surface area contributed by atoms with Gasteiger partial charge in [0.2, 0.25) is 0 Å². The van der Waals surface area contributed by atoms with Crippen molar-refractivity contribution in [1.82, 2.24) is 0 Å². The normalized spacial score (nSPS) is 12.6. The second-order valence-electron chi connectivity index (χ2n) is 6.53. The predicted octanol–water partition coefficient (Wildman–Crippen LogP) is 4.99. The fraction of sp³-hybridized carbons (Fsp3) is 0.316. The number of nitrogens with one attached hydrogen (secondary N) is 1. The van der Waals surface area contributed by atoms with Gasteiger partial charge in [0, 0.05) is 9.26 Å². The van der Waals surface area contributed by atoms with E-state index in [9.17, 15) is 4.79 Å². The van der Waals surface area contributed by atoms with Gasteiger partial charge in [-0.25, -0.2) is 0 Å². The highest BCUT2D eigenvalue weighted by Crippen LogP contribution is 2.24. The monoisotopic (exact) mass is 423 g/mol. The Balaban J connectivity index is 1.96. The fourth-order valence-electron chi connectivity index (χ4n) is 2.07. The van der Waals surface area contributed by atoms with E-state index >= 15 is 0 Å². The number of halogens is 1. The Labute approximate surface area is 151 Å². The van der Waals surface area contributed by atoms with Crippen LogP contribution in [0.3, 0.4) is 0 Å². The first-order valence-corrected chi connectivity index (χ1v) is 8.67. The lowest BCUT2D eigenvalue weighted by molar-refractivity contribution is -0.122. The molecule has 0 bridgehead atoms. The Kier molecular flexibility index (Phi) is 5.68. The third kappa shape index (κ3) is 5.23. The second kappa shape index (κ2) is 7.34. The van der Waals surface area contributed by atoms with E-state index in [-0.39, 0.29) is 11.3 Å². The minimum Gasteiger partial charge on any atom is -0.481 e. The van der Waals surface area contributed by atoms with E-state index in [1.54, 1.807) is 6.92 Å². The van der Waals surface area contributed by atoms with E-state index < -0.39 is 6.10 Å². The van der Waals surface area contributed by atoms with E-state index in [1.165, 1.54) is 5.56 Å². The van der Waals surface area contributed by atoms with Crippen LogP contribution in [0.4, 0.5) is 5.69 Å². The van der Waals surface area contributed by atoms with Crippen molar-refractivity contribution in [2.45, 2.75) is 39.2 Å². The molecule has 1 N–H and O–H groups in total. The van der Waals surface area contributed by atoms with Gasteiger partial charge in [-0.05, 0) is 76.9 Å². The van der Waals surface area contributed by atoms with Crippen molar-refractivity contribution in [3.8, 4) is 5.75 Å². The van der Waals surface area contributed by atoms with E-state index in [0.29, 0.717) is 5.75 Å². The van der Waals surface area contributed by atoms with E-state index in [2.05, 4.69) is 48.7 Å². The number of anilines is 1. The fourth-order valence-corrected chi connectivity index (χ4v) is 2.43. The zero-order valence-electron chi connectivity index (χ0n) is 13.9. The molecule has 2 aromatic carbocycles. The average molecular weight is 423 g/mol. The predicted molar refractivity (Wildman–Crippen MR) is 103 cm³/mol. The molecule has 2 rings (SSSR count). The molecule has 0 aliphatic rings.